The summed E-state index contributed by atoms with van der Waals surface area (Å²) in [5.41, 5.74) is 2.81. The fourth-order valence-electron chi connectivity index (χ4n) is 3.22. The summed E-state index contributed by atoms with van der Waals surface area (Å²) in [5.74, 6) is -1.84. The van der Waals surface area contributed by atoms with Crippen molar-refractivity contribution in [1.82, 2.24) is 10.6 Å². The molecule has 0 unspecified atom stereocenters. The molecular formula is C26H27N3O3. The van der Waals surface area contributed by atoms with Gasteiger partial charge in [0.1, 0.15) is 0 Å². The highest BCUT2D eigenvalue weighted by Gasteiger charge is 2.17. The maximum Gasteiger partial charge on any atom is 0.313 e. The van der Waals surface area contributed by atoms with E-state index in [4.69, 9.17) is 0 Å². The van der Waals surface area contributed by atoms with Gasteiger partial charge in [-0.25, -0.2) is 0 Å². The molecule has 6 nitrogen and oxygen atoms in total. The first-order valence-electron chi connectivity index (χ1n) is 10.7. The molecule has 3 aromatic carbocycles. The van der Waals surface area contributed by atoms with E-state index in [9.17, 15) is 14.4 Å². The smallest absolute Gasteiger partial charge is 0.313 e. The predicted octanol–water partition coefficient (Wildman–Crippen LogP) is 3.69. The first-order chi connectivity index (χ1) is 15.6. The van der Waals surface area contributed by atoms with E-state index in [0.717, 1.165) is 24.8 Å². The Morgan fingerprint density at radius 2 is 1.25 bits per heavy atom. The summed E-state index contributed by atoms with van der Waals surface area (Å²) in [6, 6.07) is 26.3. The van der Waals surface area contributed by atoms with E-state index >= 15 is 0 Å². The van der Waals surface area contributed by atoms with E-state index in [1.165, 1.54) is 5.56 Å². The van der Waals surface area contributed by atoms with Crippen molar-refractivity contribution in [1.29, 1.82) is 0 Å². The van der Waals surface area contributed by atoms with E-state index in [-0.39, 0.29) is 5.91 Å². The lowest BCUT2D eigenvalue weighted by atomic mass is 10.1. The molecule has 0 aliphatic carbocycles. The molecule has 0 aromatic heterocycles. The molecule has 0 bridgehead atoms. The van der Waals surface area contributed by atoms with Crippen molar-refractivity contribution in [2.45, 2.75) is 25.8 Å². The molecule has 3 amide bonds. The topological polar surface area (TPSA) is 87.3 Å². The molecule has 6 heteroatoms. The van der Waals surface area contributed by atoms with Crippen LogP contribution in [0.2, 0.25) is 0 Å². The Bertz CT molecular complexity index is 1040. The van der Waals surface area contributed by atoms with Gasteiger partial charge in [0.15, 0.2) is 0 Å². The van der Waals surface area contributed by atoms with Gasteiger partial charge in [0.2, 0.25) is 0 Å². The highest BCUT2D eigenvalue weighted by atomic mass is 16.2. The number of carbonyl (C=O) groups excluding carboxylic acids is 3. The molecule has 164 valence electrons. The molecule has 0 atom stereocenters. The van der Waals surface area contributed by atoms with Crippen molar-refractivity contribution < 1.29 is 14.4 Å². The summed E-state index contributed by atoms with van der Waals surface area (Å²) >= 11 is 0. The van der Waals surface area contributed by atoms with Gasteiger partial charge in [-0.1, -0.05) is 72.8 Å². The van der Waals surface area contributed by atoms with Crippen molar-refractivity contribution in [2.75, 3.05) is 11.9 Å². The number of hydrogen-bond donors (Lipinski definition) is 3. The van der Waals surface area contributed by atoms with Crippen molar-refractivity contribution in [3.63, 3.8) is 0 Å². The van der Waals surface area contributed by atoms with Crippen LogP contribution in [0.4, 0.5) is 5.69 Å². The normalized spacial score (nSPS) is 10.2. The Labute approximate surface area is 188 Å². The lowest BCUT2D eigenvalue weighted by Gasteiger charge is -2.11. The summed E-state index contributed by atoms with van der Waals surface area (Å²) in [7, 11) is 0. The Balaban J connectivity index is 1.45. The lowest BCUT2D eigenvalue weighted by Crippen LogP contribution is -2.36. The van der Waals surface area contributed by atoms with Crippen LogP contribution in [-0.2, 0) is 22.6 Å². The number of nitrogens with one attached hydrogen (secondary N) is 3. The average Bonchev–Trinajstić information content (AvgIpc) is 2.84. The van der Waals surface area contributed by atoms with Crippen LogP contribution in [0.3, 0.4) is 0 Å². The first kappa shape index (κ1) is 22.7. The zero-order valence-electron chi connectivity index (χ0n) is 17.8. The molecular weight excluding hydrogens is 402 g/mol. The molecule has 0 saturated heterocycles. The molecule has 32 heavy (non-hydrogen) atoms. The van der Waals surface area contributed by atoms with Crippen molar-refractivity contribution in [3.05, 3.63) is 102 Å². The van der Waals surface area contributed by atoms with Gasteiger partial charge in [-0.15, -0.1) is 0 Å². The van der Waals surface area contributed by atoms with Crippen molar-refractivity contribution in [3.8, 4) is 0 Å². The molecule has 0 fully saturated rings. The van der Waals surface area contributed by atoms with E-state index in [0.29, 0.717) is 24.3 Å². The molecule has 0 saturated carbocycles. The van der Waals surface area contributed by atoms with Gasteiger partial charge in [0.25, 0.3) is 5.91 Å². The third-order valence-corrected chi connectivity index (χ3v) is 4.94. The van der Waals surface area contributed by atoms with Gasteiger partial charge >= 0.3 is 11.8 Å². The summed E-state index contributed by atoms with van der Waals surface area (Å²) in [5, 5.41) is 8.01. The second-order valence-corrected chi connectivity index (χ2v) is 7.37. The number of aryl methyl sites for hydroxylation is 1. The van der Waals surface area contributed by atoms with E-state index in [2.05, 4.69) is 28.1 Å². The highest BCUT2D eigenvalue weighted by Crippen LogP contribution is 2.15. The Morgan fingerprint density at radius 1 is 0.625 bits per heavy atom. The van der Waals surface area contributed by atoms with E-state index < -0.39 is 11.8 Å². The second-order valence-electron chi connectivity index (χ2n) is 7.37. The first-order valence-corrected chi connectivity index (χ1v) is 10.7. The molecule has 0 aliphatic heterocycles. The minimum Gasteiger partial charge on any atom is -0.348 e. The number of unbranched alkanes of at least 4 members (excludes halogenated alkanes) is 1. The van der Waals surface area contributed by atoms with Crippen molar-refractivity contribution in [2.24, 2.45) is 0 Å². The van der Waals surface area contributed by atoms with Gasteiger partial charge in [-0.3, -0.25) is 14.4 Å². The molecule has 3 rings (SSSR count). The number of hydrogen-bond acceptors (Lipinski definition) is 3. The lowest BCUT2D eigenvalue weighted by molar-refractivity contribution is -0.136. The number of rotatable bonds is 9. The minimum absolute atomic E-state index is 0.294. The number of benzene rings is 3. The fraction of sp³-hybridized carbons (Fsp3) is 0.192. The number of amides is 3. The van der Waals surface area contributed by atoms with Crippen LogP contribution in [0.1, 0.15) is 34.3 Å². The van der Waals surface area contributed by atoms with Gasteiger partial charge in [-0.2, -0.15) is 0 Å². The molecule has 0 spiro atoms. The third-order valence-electron chi connectivity index (χ3n) is 4.94. The third kappa shape index (κ3) is 7.09. The van der Waals surface area contributed by atoms with Gasteiger partial charge < -0.3 is 16.0 Å². The second kappa shape index (κ2) is 12.1. The van der Waals surface area contributed by atoms with Crippen LogP contribution < -0.4 is 16.0 Å². The van der Waals surface area contributed by atoms with Gasteiger partial charge in [0.05, 0.1) is 11.3 Å². The standard InChI is InChI=1S/C26H27N3O3/c30-24(28-19-21-14-5-2-6-15-21)22-16-7-8-17-23(22)29-26(32)25(31)27-18-10-9-13-20-11-3-1-4-12-20/h1-8,11-12,14-17H,9-10,13,18-19H2,(H,27,31)(H,28,30)(H,29,32). The zero-order valence-corrected chi connectivity index (χ0v) is 17.8. The van der Waals surface area contributed by atoms with E-state index in [1.807, 2.05) is 48.5 Å². The summed E-state index contributed by atoms with van der Waals surface area (Å²) in [6.45, 7) is 0.781. The average molecular weight is 430 g/mol. The minimum atomic E-state index is -0.795. The predicted molar refractivity (Wildman–Crippen MR) is 125 cm³/mol. The Hall–Kier alpha value is -3.93. The zero-order chi connectivity index (χ0) is 22.6. The Morgan fingerprint density at radius 3 is 1.97 bits per heavy atom. The van der Waals surface area contributed by atoms with Crippen LogP contribution in [0.5, 0.6) is 0 Å². The van der Waals surface area contributed by atoms with Crippen LogP contribution in [0.15, 0.2) is 84.9 Å². The van der Waals surface area contributed by atoms with E-state index in [1.54, 1.807) is 24.3 Å². The van der Waals surface area contributed by atoms with Crippen LogP contribution >= 0.6 is 0 Å². The SMILES string of the molecule is O=C(NCCCCc1ccccc1)C(=O)Nc1ccccc1C(=O)NCc1ccccc1. The maximum atomic E-state index is 12.6. The maximum absolute atomic E-state index is 12.6. The summed E-state index contributed by atoms with van der Waals surface area (Å²) in [6.07, 6.45) is 2.61. The molecule has 3 N–H and O–H groups in total. The quantitative estimate of drug-likeness (QED) is 0.358. The molecule has 0 aliphatic rings. The van der Waals surface area contributed by atoms with Crippen LogP contribution in [0, 0.1) is 0 Å². The van der Waals surface area contributed by atoms with Crippen molar-refractivity contribution >= 4 is 23.4 Å². The molecule has 0 radical (unpaired) electrons. The molecule has 3 aromatic rings. The Kier molecular flexibility index (Phi) is 8.57. The largest absolute Gasteiger partial charge is 0.348 e. The number of carbonyl (C=O) groups is 3. The summed E-state index contributed by atoms with van der Waals surface area (Å²) in [4.78, 5) is 37.0. The number of anilines is 1. The summed E-state index contributed by atoms with van der Waals surface area (Å²) < 4.78 is 0. The van der Waals surface area contributed by atoms with Crippen LogP contribution in [0.25, 0.3) is 0 Å². The van der Waals surface area contributed by atoms with Gasteiger partial charge in [-0.05, 0) is 42.5 Å². The fourth-order valence-corrected chi connectivity index (χ4v) is 3.22. The number of para-hydroxylation sites is 1. The van der Waals surface area contributed by atoms with Gasteiger partial charge in [0, 0.05) is 13.1 Å². The highest BCUT2D eigenvalue weighted by molar-refractivity contribution is 6.40. The van der Waals surface area contributed by atoms with Crippen LogP contribution in [-0.4, -0.2) is 24.3 Å². The monoisotopic (exact) mass is 429 g/mol. The molecule has 0 heterocycles.